The van der Waals surface area contributed by atoms with Crippen LogP contribution >= 0.6 is 0 Å². The smallest absolute Gasteiger partial charge is 0.335 e. The Balaban J connectivity index is 1.84. The van der Waals surface area contributed by atoms with E-state index in [1.54, 1.807) is 30.3 Å². The van der Waals surface area contributed by atoms with Crippen molar-refractivity contribution in [3.63, 3.8) is 0 Å². The number of carbonyl (C=O) groups is 3. The summed E-state index contributed by atoms with van der Waals surface area (Å²) in [6.45, 7) is 1.86. The third kappa shape index (κ3) is 3.87. The molecule has 0 saturated carbocycles. The maximum absolute atomic E-state index is 12.8. The number of rotatable bonds is 4. The molecule has 0 bridgehead atoms. The second-order valence-electron chi connectivity index (χ2n) is 6.47. The van der Waals surface area contributed by atoms with Crippen LogP contribution in [0.25, 0.3) is 0 Å². The molecule has 1 N–H and O–H groups in total. The molecule has 1 heterocycles. The van der Waals surface area contributed by atoms with Gasteiger partial charge in [-0.25, -0.2) is 9.69 Å². The van der Waals surface area contributed by atoms with E-state index >= 15 is 0 Å². The summed E-state index contributed by atoms with van der Waals surface area (Å²) in [6, 6.07) is 13.6. The maximum Gasteiger partial charge on any atom is 0.335 e. The van der Waals surface area contributed by atoms with Gasteiger partial charge in [-0.2, -0.15) is 0 Å². The van der Waals surface area contributed by atoms with Crippen LogP contribution in [0.15, 0.2) is 53.5 Å². The van der Waals surface area contributed by atoms with Crippen molar-refractivity contribution in [3.05, 3.63) is 54.1 Å². The highest BCUT2D eigenvalue weighted by Gasteiger charge is 2.40. The predicted molar refractivity (Wildman–Crippen MR) is 105 cm³/mol. The van der Waals surface area contributed by atoms with Crippen LogP contribution in [0, 0.1) is 12.8 Å². The van der Waals surface area contributed by atoms with Crippen molar-refractivity contribution < 1.29 is 14.4 Å². The number of nitrogens with zero attached hydrogens (tertiary/aromatic N) is 3. The maximum atomic E-state index is 12.8. The van der Waals surface area contributed by atoms with Gasteiger partial charge >= 0.3 is 6.03 Å². The molecule has 27 heavy (non-hydrogen) atoms. The van der Waals surface area contributed by atoms with Crippen molar-refractivity contribution in [1.29, 1.82) is 0 Å². The van der Waals surface area contributed by atoms with Crippen molar-refractivity contribution in [3.8, 4) is 0 Å². The van der Waals surface area contributed by atoms with Crippen molar-refractivity contribution in [2.75, 3.05) is 23.9 Å². The van der Waals surface area contributed by atoms with E-state index in [4.69, 9.17) is 0 Å². The van der Waals surface area contributed by atoms with Gasteiger partial charge in [-0.1, -0.05) is 12.1 Å². The first kappa shape index (κ1) is 18.3. The zero-order chi connectivity index (χ0) is 19.6. The van der Waals surface area contributed by atoms with E-state index in [9.17, 15) is 14.4 Å². The second kappa shape index (κ2) is 7.41. The normalized spacial score (nSPS) is 17.4. The third-order valence-electron chi connectivity index (χ3n) is 4.20. The Morgan fingerprint density at radius 1 is 1.07 bits per heavy atom. The van der Waals surface area contributed by atoms with Gasteiger partial charge < -0.3 is 4.90 Å². The van der Waals surface area contributed by atoms with Gasteiger partial charge in [0.1, 0.15) is 0 Å². The quantitative estimate of drug-likeness (QED) is 0.668. The number of aliphatic imine (C=N–C) groups is 1. The highest BCUT2D eigenvalue weighted by molar-refractivity contribution is 6.32. The summed E-state index contributed by atoms with van der Waals surface area (Å²) < 4.78 is 0. The zero-order valence-corrected chi connectivity index (χ0v) is 15.3. The van der Waals surface area contributed by atoms with E-state index in [2.05, 4.69) is 10.3 Å². The molecule has 0 aromatic heterocycles. The molecule has 7 heteroatoms. The van der Waals surface area contributed by atoms with Gasteiger partial charge in [0.15, 0.2) is 5.92 Å². The van der Waals surface area contributed by atoms with Gasteiger partial charge in [0.2, 0.25) is 5.91 Å². The summed E-state index contributed by atoms with van der Waals surface area (Å²) >= 11 is 0. The number of amides is 4. The average Bonchev–Trinajstić information content (AvgIpc) is 2.61. The Morgan fingerprint density at radius 2 is 1.78 bits per heavy atom. The van der Waals surface area contributed by atoms with E-state index in [0.717, 1.165) is 16.2 Å². The number of nitrogens with one attached hydrogen (secondary N) is 1. The van der Waals surface area contributed by atoms with Crippen molar-refractivity contribution in [2.24, 2.45) is 10.9 Å². The summed E-state index contributed by atoms with van der Waals surface area (Å²) in [4.78, 5) is 44.3. The molecule has 2 aromatic carbocycles. The van der Waals surface area contributed by atoms with E-state index in [1.165, 1.54) is 6.21 Å². The minimum Gasteiger partial charge on any atom is -0.378 e. The van der Waals surface area contributed by atoms with Crippen LogP contribution in [-0.4, -0.2) is 38.2 Å². The Hall–Kier alpha value is -3.48. The Labute approximate surface area is 157 Å². The van der Waals surface area contributed by atoms with Crippen LogP contribution in [-0.2, 0) is 9.59 Å². The Kier molecular flexibility index (Phi) is 5.03. The second-order valence-corrected chi connectivity index (χ2v) is 6.47. The molecule has 3 rings (SSSR count). The van der Waals surface area contributed by atoms with Gasteiger partial charge in [0.05, 0.1) is 11.4 Å². The Morgan fingerprint density at radius 3 is 2.41 bits per heavy atom. The molecule has 1 atom stereocenters. The number of aryl methyl sites for hydroxylation is 1. The van der Waals surface area contributed by atoms with Gasteiger partial charge in [-0.3, -0.25) is 19.9 Å². The fourth-order valence-corrected chi connectivity index (χ4v) is 2.73. The van der Waals surface area contributed by atoms with E-state index < -0.39 is 23.8 Å². The van der Waals surface area contributed by atoms with Crippen molar-refractivity contribution in [1.82, 2.24) is 5.32 Å². The molecular formula is C20H20N4O3. The molecule has 2 aromatic rings. The lowest BCUT2D eigenvalue weighted by Gasteiger charge is -2.28. The zero-order valence-electron chi connectivity index (χ0n) is 15.3. The molecule has 1 aliphatic heterocycles. The summed E-state index contributed by atoms with van der Waals surface area (Å²) in [5.74, 6) is -2.47. The number of carbonyl (C=O) groups excluding carboxylic acids is 3. The number of imide groups is 2. The molecule has 0 aliphatic carbocycles. The van der Waals surface area contributed by atoms with Gasteiger partial charge in [-0.15, -0.1) is 0 Å². The molecule has 0 spiro atoms. The summed E-state index contributed by atoms with van der Waals surface area (Å²) in [7, 11) is 3.86. The fraction of sp³-hybridized carbons (Fsp3) is 0.200. The number of urea groups is 1. The molecule has 138 valence electrons. The number of hydrogen-bond donors (Lipinski definition) is 1. The lowest BCUT2D eigenvalue weighted by molar-refractivity contribution is -0.131. The molecule has 7 nitrogen and oxygen atoms in total. The summed E-state index contributed by atoms with van der Waals surface area (Å²) in [6.07, 6.45) is 1.28. The molecule has 1 saturated heterocycles. The van der Waals surface area contributed by atoms with E-state index in [-0.39, 0.29) is 0 Å². The van der Waals surface area contributed by atoms with Gasteiger partial charge in [0.25, 0.3) is 5.91 Å². The highest BCUT2D eigenvalue weighted by atomic mass is 16.2. The molecule has 1 fully saturated rings. The molecule has 1 aliphatic rings. The number of hydrogen-bond acceptors (Lipinski definition) is 5. The summed E-state index contributed by atoms with van der Waals surface area (Å²) in [5.41, 5.74) is 2.94. The average molecular weight is 364 g/mol. The van der Waals surface area contributed by atoms with Crippen LogP contribution in [0.5, 0.6) is 0 Å². The monoisotopic (exact) mass is 364 g/mol. The lowest BCUT2D eigenvalue weighted by Crippen LogP contribution is -2.58. The fourth-order valence-electron chi connectivity index (χ4n) is 2.73. The first-order chi connectivity index (χ1) is 12.9. The minimum atomic E-state index is -1.17. The first-order valence-electron chi connectivity index (χ1n) is 8.44. The Bertz CT molecular complexity index is 919. The number of anilines is 2. The lowest BCUT2D eigenvalue weighted by atomic mass is 10.1. The van der Waals surface area contributed by atoms with Gasteiger partial charge in [0, 0.05) is 26.0 Å². The molecular weight excluding hydrogens is 344 g/mol. The van der Waals surface area contributed by atoms with Crippen LogP contribution in [0.3, 0.4) is 0 Å². The predicted octanol–water partition coefficient (Wildman–Crippen LogP) is 2.66. The topological polar surface area (TPSA) is 82.1 Å². The van der Waals surface area contributed by atoms with Crippen molar-refractivity contribution >= 4 is 41.1 Å². The third-order valence-corrected chi connectivity index (χ3v) is 4.20. The van der Waals surface area contributed by atoms with Crippen LogP contribution < -0.4 is 15.1 Å². The molecule has 4 amide bonds. The van der Waals surface area contributed by atoms with Crippen LogP contribution in [0.1, 0.15) is 5.56 Å². The summed E-state index contributed by atoms with van der Waals surface area (Å²) in [5, 5.41) is 2.22. The van der Waals surface area contributed by atoms with Gasteiger partial charge in [-0.05, 0) is 48.9 Å². The van der Waals surface area contributed by atoms with E-state index in [0.29, 0.717) is 11.4 Å². The molecule has 0 unspecified atom stereocenters. The van der Waals surface area contributed by atoms with Crippen LogP contribution in [0.4, 0.5) is 21.9 Å². The standard InChI is InChI=1S/C20H20N4O3/c1-13-5-4-6-16(11-13)24-19(26)17(18(25)22-20(24)27)12-21-14-7-9-15(10-8-14)23(2)3/h4-12,17H,1-3H3,(H,22,25,27)/t17-/m0/s1. The SMILES string of the molecule is Cc1cccc(N2C(=O)NC(=O)[C@H](C=Nc3ccc(N(C)C)cc3)C2=O)c1. The first-order valence-corrected chi connectivity index (χ1v) is 8.44. The number of benzene rings is 2. The highest BCUT2D eigenvalue weighted by Crippen LogP contribution is 2.22. The van der Waals surface area contributed by atoms with E-state index in [1.807, 2.05) is 44.1 Å². The number of barbiturate groups is 1. The minimum absolute atomic E-state index is 0.415. The largest absolute Gasteiger partial charge is 0.378 e. The molecule has 0 radical (unpaired) electrons. The van der Waals surface area contributed by atoms with Crippen molar-refractivity contribution in [2.45, 2.75) is 6.92 Å². The van der Waals surface area contributed by atoms with Crippen LogP contribution in [0.2, 0.25) is 0 Å².